The molecule has 2 amide bonds. The van der Waals surface area contributed by atoms with E-state index in [-0.39, 0.29) is 35.5 Å². The highest BCUT2D eigenvalue weighted by Crippen LogP contribution is 2.52. The Morgan fingerprint density at radius 2 is 1.74 bits per heavy atom. The third kappa shape index (κ3) is 2.98. The smallest absolute Gasteiger partial charge is 0.254 e. The van der Waals surface area contributed by atoms with Crippen LogP contribution in [-0.4, -0.2) is 36.3 Å². The number of fused-ring (bicyclic) bond motifs is 5. The highest BCUT2D eigenvalue weighted by molar-refractivity contribution is 9.10. The van der Waals surface area contributed by atoms with Gasteiger partial charge in [-0.2, -0.15) is 10.1 Å². The molecule has 0 aromatic heterocycles. The minimum atomic E-state index is -0.240. The molecule has 1 heterocycles. The molecule has 2 bridgehead atoms. The summed E-state index contributed by atoms with van der Waals surface area (Å²) in [7, 11) is 0. The second-order valence-corrected chi connectivity index (χ2v) is 7.78. The molecule has 1 aliphatic heterocycles. The average molecular weight is 433 g/mol. The summed E-state index contributed by atoms with van der Waals surface area (Å²) < 4.78 is 12.0. The second kappa shape index (κ2) is 7.11. The number of allylic oxidation sites excluding steroid dienone is 2. The lowest BCUT2D eigenvalue weighted by molar-refractivity contribution is -0.140. The number of nitrogens with zero attached hydrogens (tertiary/aromatic N) is 2. The van der Waals surface area contributed by atoms with Crippen molar-refractivity contribution in [3.8, 4) is 11.5 Å². The summed E-state index contributed by atoms with van der Waals surface area (Å²) >= 11 is 3.49. The number of imide groups is 1. The predicted octanol–water partition coefficient (Wildman–Crippen LogP) is 3.39. The second-order valence-electron chi connectivity index (χ2n) is 6.93. The maximum atomic E-state index is 12.7. The van der Waals surface area contributed by atoms with Crippen LogP contribution in [-0.2, 0) is 9.59 Å². The molecule has 0 N–H and O–H groups in total. The number of rotatable bonds is 6. The lowest BCUT2D eigenvalue weighted by Crippen LogP contribution is -2.28. The molecule has 1 aromatic rings. The van der Waals surface area contributed by atoms with Crippen LogP contribution in [0.25, 0.3) is 0 Å². The number of benzene rings is 1. The van der Waals surface area contributed by atoms with Gasteiger partial charge in [0.15, 0.2) is 11.5 Å². The minimum Gasteiger partial charge on any atom is -0.490 e. The van der Waals surface area contributed by atoms with Gasteiger partial charge in [0.25, 0.3) is 11.8 Å². The first kappa shape index (κ1) is 18.2. The predicted molar refractivity (Wildman–Crippen MR) is 104 cm³/mol. The molecule has 4 rings (SSSR count). The lowest BCUT2D eigenvalue weighted by Gasteiger charge is -2.14. The first-order chi connectivity index (χ1) is 13.0. The van der Waals surface area contributed by atoms with Crippen LogP contribution in [0, 0.1) is 23.7 Å². The van der Waals surface area contributed by atoms with Crippen molar-refractivity contribution in [1.29, 1.82) is 0 Å². The molecule has 1 saturated heterocycles. The van der Waals surface area contributed by atoms with E-state index < -0.39 is 0 Å². The van der Waals surface area contributed by atoms with Gasteiger partial charge >= 0.3 is 0 Å². The molecule has 2 fully saturated rings. The van der Waals surface area contributed by atoms with Gasteiger partial charge in [0.2, 0.25) is 0 Å². The van der Waals surface area contributed by atoms with Crippen molar-refractivity contribution in [2.24, 2.45) is 28.8 Å². The summed E-state index contributed by atoms with van der Waals surface area (Å²) in [6.07, 6.45) is 6.58. The van der Waals surface area contributed by atoms with Gasteiger partial charge in [-0.05, 0) is 65.7 Å². The Labute approximate surface area is 166 Å². The zero-order valence-electron chi connectivity index (χ0n) is 15.2. The van der Waals surface area contributed by atoms with Gasteiger partial charge in [0.05, 0.1) is 35.7 Å². The van der Waals surface area contributed by atoms with Crippen molar-refractivity contribution >= 4 is 34.0 Å². The van der Waals surface area contributed by atoms with Crippen LogP contribution < -0.4 is 9.47 Å². The Hall–Kier alpha value is -2.15. The summed E-state index contributed by atoms with van der Waals surface area (Å²) in [4.78, 5) is 25.4. The number of carbonyl (C=O) groups is 2. The molecule has 4 atom stereocenters. The fourth-order valence-corrected chi connectivity index (χ4v) is 4.91. The molecule has 27 heavy (non-hydrogen) atoms. The Morgan fingerprint density at radius 1 is 1.11 bits per heavy atom. The van der Waals surface area contributed by atoms with Gasteiger partial charge in [-0.15, -0.1) is 0 Å². The third-order valence-electron chi connectivity index (χ3n) is 5.39. The number of carbonyl (C=O) groups excluding carboxylic acids is 2. The molecule has 2 aliphatic carbocycles. The van der Waals surface area contributed by atoms with E-state index >= 15 is 0 Å². The van der Waals surface area contributed by atoms with Crippen LogP contribution in [0.15, 0.2) is 33.9 Å². The van der Waals surface area contributed by atoms with Crippen molar-refractivity contribution < 1.29 is 19.1 Å². The number of hydrogen-bond donors (Lipinski definition) is 0. The molecular weight excluding hydrogens is 412 g/mol. The summed E-state index contributed by atoms with van der Waals surface area (Å²) in [6.45, 7) is 4.81. The molecule has 1 aromatic carbocycles. The highest BCUT2D eigenvalue weighted by atomic mass is 79.9. The summed E-state index contributed by atoms with van der Waals surface area (Å²) in [5, 5.41) is 5.26. The van der Waals surface area contributed by atoms with Crippen LogP contribution in [0.3, 0.4) is 0 Å². The normalized spacial score (nSPS) is 28.5. The van der Waals surface area contributed by atoms with Gasteiger partial charge in [-0.25, -0.2) is 0 Å². The SMILES string of the molecule is CCOc1cc(C=NN2C(=O)[C@@H]3[C@H](C2=O)[C@H]2C=C[C@H]3C2)cc(Br)c1OCC. The van der Waals surface area contributed by atoms with Crippen LogP contribution in [0.4, 0.5) is 0 Å². The molecule has 6 nitrogen and oxygen atoms in total. The van der Waals surface area contributed by atoms with Crippen LogP contribution in [0.5, 0.6) is 11.5 Å². The van der Waals surface area contributed by atoms with Crippen LogP contribution >= 0.6 is 15.9 Å². The molecule has 0 unspecified atom stereocenters. The quantitative estimate of drug-likeness (QED) is 0.392. The fourth-order valence-electron chi connectivity index (χ4n) is 4.33. The molecule has 1 saturated carbocycles. The number of amides is 2. The van der Waals surface area contributed by atoms with Gasteiger partial charge in [-0.3, -0.25) is 9.59 Å². The largest absolute Gasteiger partial charge is 0.490 e. The number of hydrogen-bond acceptors (Lipinski definition) is 5. The minimum absolute atomic E-state index is 0.181. The maximum absolute atomic E-state index is 12.7. The Kier molecular flexibility index (Phi) is 4.80. The van der Waals surface area contributed by atoms with E-state index in [2.05, 4.69) is 33.2 Å². The van der Waals surface area contributed by atoms with Crippen molar-refractivity contribution in [1.82, 2.24) is 5.01 Å². The number of hydrazone groups is 1. The average Bonchev–Trinajstić information content (AvgIpc) is 3.31. The van der Waals surface area contributed by atoms with Gasteiger partial charge in [0, 0.05) is 0 Å². The van der Waals surface area contributed by atoms with Crippen molar-refractivity contribution in [2.75, 3.05) is 13.2 Å². The molecule has 0 radical (unpaired) electrons. The maximum Gasteiger partial charge on any atom is 0.254 e. The van der Waals surface area contributed by atoms with Crippen molar-refractivity contribution in [3.05, 3.63) is 34.3 Å². The zero-order valence-corrected chi connectivity index (χ0v) is 16.8. The highest BCUT2D eigenvalue weighted by Gasteiger charge is 2.59. The molecule has 0 spiro atoms. The van der Waals surface area contributed by atoms with E-state index in [1.807, 2.05) is 19.9 Å². The third-order valence-corrected chi connectivity index (χ3v) is 5.98. The van der Waals surface area contributed by atoms with E-state index in [0.717, 1.165) is 15.9 Å². The van der Waals surface area contributed by atoms with E-state index in [9.17, 15) is 9.59 Å². The standard InChI is InChI=1S/C20H21BrN2O4/c1-3-26-15-8-11(7-14(21)18(15)27-4-2)10-22-23-19(24)16-12-5-6-13(9-12)17(16)20(23)25/h5-8,10,12-13,16-17H,3-4,9H2,1-2H3/t12-,13-,16-,17+/m0/s1. The van der Waals surface area contributed by atoms with E-state index in [4.69, 9.17) is 9.47 Å². The molecule has 142 valence electrons. The summed E-state index contributed by atoms with van der Waals surface area (Å²) in [6, 6.07) is 3.62. The Bertz CT molecular complexity index is 821. The summed E-state index contributed by atoms with van der Waals surface area (Å²) in [5.74, 6) is 0.727. The Balaban J connectivity index is 1.58. The van der Waals surface area contributed by atoms with E-state index in [1.54, 1.807) is 6.07 Å². The molecular formula is C20H21BrN2O4. The van der Waals surface area contributed by atoms with Crippen LogP contribution in [0.2, 0.25) is 0 Å². The zero-order chi connectivity index (χ0) is 19.1. The Morgan fingerprint density at radius 3 is 2.33 bits per heavy atom. The monoisotopic (exact) mass is 432 g/mol. The fraction of sp³-hybridized carbons (Fsp3) is 0.450. The van der Waals surface area contributed by atoms with E-state index in [1.165, 1.54) is 6.21 Å². The van der Waals surface area contributed by atoms with Gasteiger partial charge in [0.1, 0.15) is 0 Å². The topological polar surface area (TPSA) is 68.2 Å². The van der Waals surface area contributed by atoms with Gasteiger partial charge < -0.3 is 9.47 Å². The first-order valence-electron chi connectivity index (χ1n) is 9.24. The van der Waals surface area contributed by atoms with Gasteiger partial charge in [-0.1, -0.05) is 12.2 Å². The van der Waals surface area contributed by atoms with Crippen molar-refractivity contribution in [2.45, 2.75) is 20.3 Å². The van der Waals surface area contributed by atoms with Crippen molar-refractivity contribution in [3.63, 3.8) is 0 Å². The molecule has 3 aliphatic rings. The van der Waals surface area contributed by atoms with E-state index in [0.29, 0.717) is 30.3 Å². The van der Waals surface area contributed by atoms with Crippen LogP contribution in [0.1, 0.15) is 25.8 Å². The number of halogens is 1. The molecule has 7 heteroatoms. The summed E-state index contributed by atoms with van der Waals surface area (Å²) in [5.41, 5.74) is 0.715. The first-order valence-corrected chi connectivity index (χ1v) is 10.0. The number of ether oxygens (including phenoxy) is 2. The lowest BCUT2D eigenvalue weighted by atomic mass is 9.85.